The zero-order valence-corrected chi connectivity index (χ0v) is 16.0. The van der Waals surface area contributed by atoms with E-state index in [1.54, 1.807) is 30.3 Å². The summed E-state index contributed by atoms with van der Waals surface area (Å²) in [6.07, 6.45) is 3.11. The molecule has 1 aromatic carbocycles. The molecule has 1 fully saturated rings. The number of rotatable bonds is 6. The van der Waals surface area contributed by atoms with Crippen LogP contribution in [0.5, 0.6) is 0 Å². The number of hydrogen-bond donors (Lipinski definition) is 4. The minimum atomic E-state index is -0.421. The lowest BCUT2D eigenvalue weighted by atomic mass is 10.00. The fourth-order valence-electron chi connectivity index (χ4n) is 3.06. The number of anilines is 2. The summed E-state index contributed by atoms with van der Waals surface area (Å²) in [7, 11) is 0. The van der Waals surface area contributed by atoms with Crippen molar-refractivity contribution in [1.82, 2.24) is 10.9 Å². The molecule has 2 atom stereocenters. The largest absolute Gasteiger partial charge is 0.459 e. The van der Waals surface area contributed by atoms with Gasteiger partial charge in [-0.25, -0.2) is 5.43 Å². The second kappa shape index (κ2) is 8.56. The molecule has 1 aliphatic heterocycles. The lowest BCUT2D eigenvalue weighted by Gasteiger charge is -2.15. The van der Waals surface area contributed by atoms with Crippen LogP contribution < -0.4 is 21.5 Å². The fourth-order valence-corrected chi connectivity index (χ4v) is 3.23. The Morgan fingerprint density at radius 2 is 2.04 bits per heavy atom. The predicted molar refractivity (Wildman–Crippen MR) is 105 cm³/mol. The molecule has 27 heavy (non-hydrogen) atoms. The molecule has 0 spiro atoms. The summed E-state index contributed by atoms with van der Waals surface area (Å²) in [5, 5.41) is 6.02. The molecule has 2 aromatic rings. The van der Waals surface area contributed by atoms with Gasteiger partial charge in [-0.1, -0.05) is 25.4 Å². The predicted octanol–water partition coefficient (Wildman–Crippen LogP) is 3.41. The van der Waals surface area contributed by atoms with Crippen molar-refractivity contribution in [1.29, 1.82) is 0 Å². The van der Waals surface area contributed by atoms with Crippen molar-refractivity contribution in [2.45, 2.75) is 38.8 Å². The fraction of sp³-hybridized carbons (Fsp3) is 0.368. The summed E-state index contributed by atoms with van der Waals surface area (Å²) in [5.74, 6) is 0.122. The molecule has 8 heteroatoms. The van der Waals surface area contributed by atoms with Gasteiger partial charge in [-0.3, -0.25) is 15.0 Å². The van der Waals surface area contributed by atoms with E-state index in [-0.39, 0.29) is 23.8 Å². The van der Waals surface area contributed by atoms with Gasteiger partial charge in [-0.2, -0.15) is 0 Å². The molecule has 1 aromatic heterocycles. The van der Waals surface area contributed by atoms with Crippen LogP contribution in [0.2, 0.25) is 5.02 Å². The average Bonchev–Trinajstić information content (AvgIpc) is 3.28. The van der Waals surface area contributed by atoms with E-state index in [4.69, 9.17) is 16.0 Å². The lowest BCUT2D eigenvalue weighted by molar-refractivity contribution is -0.117. The molecule has 2 unspecified atom stereocenters. The van der Waals surface area contributed by atoms with E-state index in [2.05, 4.69) is 35.3 Å². The first kappa shape index (κ1) is 19.4. The number of benzene rings is 1. The van der Waals surface area contributed by atoms with Crippen LogP contribution in [-0.4, -0.2) is 23.9 Å². The number of nitrogens with one attached hydrogen (secondary N) is 4. The normalized spacial score (nSPS) is 19.3. The standard InChI is InChI=1S/C19H23ClN4O3/c1-11(2)8-13-10-16(24-23-13)18(25)21-14-6-5-12(20)9-15(14)22-19(26)17-4-3-7-27-17/h3-7,9,11,13,16,23-24H,8,10H2,1-2H3,(H,21,25)(H,22,26). The first-order valence-corrected chi connectivity index (χ1v) is 9.26. The van der Waals surface area contributed by atoms with Crippen LogP contribution in [0.3, 0.4) is 0 Å². The molecule has 0 bridgehead atoms. The van der Waals surface area contributed by atoms with Crippen LogP contribution in [0.4, 0.5) is 11.4 Å². The minimum absolute atomic E-state index is 0.172. The average molecular weight is 391 g/mol. The molecular weight excluding hydrogens is 368 g/mol. The van der Waals surface area contributed by atoms with Crippen molar-refractivity contribution >= 4 is 34.8 Å². The Kier molecular flexibility index (Phi) is 6.15. The monoisotopic (exact) mass is 390 g/mol. The molecule has 2 heterocycles. The molecule has 7 nitrogen and oxygen atoms in total. The van der Waals surface area contributed by atoms with Crippen molar-refractivity contribution < 1.29 is 14.0 Å². The van der Waals surface area contributed by atoms with E-state index in [0.29, 0.717) is 28.7 Å². The second-order valence-corrected chi connectivity index (χ2v) is 7.45. The topological polar surface area (TPSA) is 95.4 Å². The highest BCUT2D eigenvalue weighted by Gasteiger charge is 2.30. The van der Waals surface area contributed by atoms with Gasteiger partial charge >= 0.3 is 0 Å². The molecule has 3 rings (SSSR count). The van der Waals surface area contributed by atoms with Crippen molar-refractivity contribution in [2.75, 3.05) is 10.6 Å². The third-order valence-electron chi connectivity index (χ3n) is 4.29. The van der Waals surface area contributed by atoms with Gasteiger partial charge in [0.25, 0.3) is 5.91 Å². The summed E-state index contributed by atoms with van der Waals surface area (Å²) < 4.78 is 5.09. The SMILES string of the molecule is CC(C)CC1CC(C(=O)Nc2ccc(Cl)cc2NC(=O)c2ccco2)NN1. The highest BCUT2D eigenvalue weighted by molar-refractivity contribution is 6.31. The maximum absolute atomic E-state index is 12.6. The Balaban J connectivity index is 1.68. The van der Waals surface area contributed by atoms with E-state index >= 15 is 0 Å². The van der Waals surface area contributed by atoms with Crippen molar-refractivity contribution in [3.8, 4) is 0 Å². The van der Waals surface area contributed by atoms with Crippen LogP contribution in [0.25, 0.3) is 0 Å². The Labute approximate surface area is 162 Å². The Morgan fingerprint density at radius 1 is 1.22 bits per heavy atom. The molecule has 144 valence electrons. The first-order chi connectivity index (χ1) is 12.9. The quantitative estimate of drug-likeness (QED) is 0.606. The Bertz CT molecular complexity index is 807. The van der Waals surface area contributed by atoms with E-state index in [1.165, 1.54) is 6.26 Å². The Hall–Kier alpha value is -2.35. The first-order valence-electron chi connectivity index (χ1n) is 8.88. The zero-order chi connectivity index (χ0) is 19.4. The molecule has 2 amide bonds. The molecule has 0 saturated carbocycles. The number of furan rings is 1. The summed E-state index contributed by atoms with van der Waals surface area (Å²) in [4.78, 5) is 24.9. The van der Waals surface area contributed by atoms with Gasteiger partial charge in [0.2, 0.25) is 5.91 Å². The van der Waals surface area contributed by atoms with Crippen LogP contribution >= 0.6 is 11.6 Å². The summed E-state index contributed by atoms with van der Waals surface area (Å²) in [6, 6.07) is 7.98. The van der Waals surface area contributed by atoms with Crippen LogP contribution in [0.1, 0.15) is 37.2 Å². The van der Waals surface area contributed by atoms with E-state index in [1.807, 2.05) is 0 Å². The highest BCUT2D eigenvalue weighted by atomic mass is 35.5. The summed E-state index contributed by atoms with van der Waals surface area (Å²) >= 11 is 6.05. The van der Waals surface area contributed by atoms with Gasteiger partial charge < -0.3 is 15.1 Å². The number of hydrazine groups is 1. The van der Waals surface area contributed by atoms with Crippen LogP contribution in [-0.2, 0) is 4.79 Å². The van der Waals surface area contributed by atoms with E-state index in [9.17, 15) is 9.59 Å². The number of hydrogen-bond acceptors (Lipinski definition) is 5. The van der Waals surface area contributed by atoms with Crippen LogP contribution in [0, 0.1) is 5.92 Å². The number of halogens is 1. The smallest absolute Gasteiger partial charge is 0.291 e. The zero-order valence-electron chi connectivity index (χ0n) is 15.2. The van der Waals surface area contributed by atoms with E-state index < -0.39 is 5.91 Å². The number of amides is 2. The van der Waals surface area contributed by atoms with Gasteiger partial charge in [0.1, 0.15) is 6.04 Å². The molecule has 4 N–H and O–H groups in total. The second-order valence-electron chi connectivity index (χ2n) is 7.01. The number of carbonyl (C=O) groups excluding carboxylic acids is 2. The van der Waals surface area contributed by atoms with Gasteiger partial charge in [0.05, 0.1) is 17.6 Å². The maximum atomic E-state index is 12.6. The third kappa shape index (κ3) is 5.09. The summed E-state index contributed by atoms with van der Waals surface area (Å²) in [6.45, 7) is 4.30. The van der Waals surface area contributed by atoms with Gasteiger partial charge in [-0.15, -0.1) is 0 Å². The highest BCUT2D eigenvalue weighted by Crippen LogP contribution is 2.27. The Morgan fingerprint density at radius 3 is 2.74 bits per heavy atom. The van der Waals surface area contributed by atoms with Crippen molar-refractivity contribution in [2.24, 2.45) is 5.92 Å². The summed E-state index contributed by atoms with van der Waals surface area (Å²) in [5.41, 5.74) is 7.08. The lowest BCUT2D eigenvalue weighted by Crippen LogP contribution is -2.40. The minimum Gasteiger partial charge on any atom is -0.459 e. The van der Waals surface area contributed by atoms with Gasteiger partial charge in [-0.05, 0) is 49.1 Å². The maximum Gasteiger partial charge on any atom is 0.291 e. The van der Waals surface area contributed by atoms with Crippen LogP contribution in [0.15, 0.2) is 41.0 Å². The van der Waals surface area contributed by atoms with Crippen molar-refractivity contribution in [3.05, 3.63) is 47.4 Å². The third-order valence-corrected chi connectivity index (χ3v) is 4.52. The molecule has 1 saturated heterocycles. The molecule has 0 radical (unpaired) electrons. The van der Waals surface area contributed by atoms with Gasteiger partial charge in [0.15, 0.2) is 5.76 Å². The molecule has 0 aliphatic carbocycles. The number of carbonyl (C=O) groups is 2. The van der Waals surface area contributed by atoms with Crippen molar-refractivity contribution in [3.63, 3.8) is 0 Å². The van der Waals surface area contributed by atoms with E-state index in [0.717, 1.165) is 6.42 Å². The van der Waals surface area contributed by atoms with Gasteiger partial charge in [0, 0.05) is 11.1 Å². The molecular formula is C19H23ClN4O3. The molecule has 1 aliphatic rings.